The first-order chi connectivity index (χ1) is 9.38. The fourth-order valence-electron chi connectivity index (χ4n) is 2.26. The molecule has 0 aromatic carbocycles. The van der Waals surface area contributed by atoms with E-state index in [0.717, 1.165) is 4.57 Å². The maximum absolute atomic E-state index is 12.7. The molecule has 0 bridgehead atoms. The number of alkyl halides is 3. The summed E-state index contributed by atoms with van der Waals surface area (Å²) in [7, 11) is 0. The molecule has 112 valence electrons. The van der Waals surface area contributed by atoms with E-state index in [-0.39, 0.29) is 43.8 Å². The van der Waals surface area contributed by atoms with Gasteiger partial charge in [-0.25, -0.2) is 0 Å². The third-order valence-corrected chi connectivity index (χ3v) is 3.44. The minimum atomic E-state index is -4.53. The molecule has 1 aromatic rings. The summed E-state index contributed by atoms with van der Waals surface area (Å²) in [5.41, 5.74) is 5.52. The van der Waals surface area contributed by atoms with Gasteiger partial charge in [-0.3, -0.25) is 4.79 Å². The van der Waals surface area contributed by atoms with Crippen molar-refractivity contribution in [2.45, 2.75) is 32.6 Å². The van der Waals surface area contributed by atoms with E-state index in [0.29, 0.717) is 6.42 Å². The molecule has 1 amide bonds. The molecular weight excluding hydrogens is 275 g/mol. The number of aromatic nitrogens is 3. The van der Waals surface area contributed by atoms with Gasteiger partial charge < -0.3 is 15.2 Å². The van der Waals surface area contributed by atoms with Gasteiger partial charge in [-0.2, -0.15) is 13.2 Å². The molecule has 0 aliphatic carbocycles. The van der Waals surface area contributed by atoms with Crippen LogP contribution in [0.1, 0.15) is 25.0 Å². The number of nitrogens with two attached hydrogens (primary N) is 1. The maximum atomic E-state index is 12.7. The lowest BCUT2D eigenvalue weighted by molar-refractivity contribution is -0.148. The second kappa shape index (κ2) is 5.39. The van der Waals surface area contributed by atoms with Gasteiger partial charge in [0.05, 0.1) is 12.5 Å². The van der Waals surface area contributed by atoms with E-state index in [9.17, 15) is 18.0 Å². The van der Waals surface area contributed by atoms with Crippen LogP contribution >= 0.6 is 0 Å². The monoisotopic (exact) mass is 291 g/mol. The summed E-state index contributed by atoms with van der Waals surface area (Å²) < 4.78 is 39.1. The average Bonchev–Trinajstić information content (AvgIpc) is 2.82. The molecule has 0 fully saturated rings. The highest BCUT2D eigenvalue weighted by molar-refractivity contribution is 5.79. The Labute approximate surface area is 113 Å². The summed E-state index contributed by atoms with van der Waals surface area (Å²) in [6, 6.07) is 0. The SMILES string of the molecule is CCC(CN)C(=O)N1CCn2c(nnc2C(F)(F)F)C1. The summed E-state index contributed by atoms with van der Waals surface area (Å²) in [5, 5.41) is 6.71. The van der Waals surface area contributed by atoms with E-state index >= 15 is 0 Å². The number of carbonyl (C=O) groups is 1. The first-order valence-electron chi connectivity index (χ1n) is 6.36. The topological polar surface area (TPSA) is 77.0 Å². The molecule has 1 aromatic heterocycles. The fraction of sp³-hybridized carbons (Fsp3) is 0.727. The van der Waals surface area contributed by atoms with E-state index < -0.39 is 12.0 Å². The van der Waals surface area contributed by atoms with Gasteiger partial charge in [0.2, 0.25) is 11.7 Å². The third-order valence-electron chi connectivity index (χ3n) is 3.44. The molecule has 0 spiro atoms. The van der Waals surface area contributed by atoms with Crippen LogP contribution in [0.15, 0.2) is 0 Å². The molecule has 1 unspecified atom stereocenters. The van der Waals surface area contributed by atoms with Gasteiger partial charge in [-0.1, -0.05) is 6.92 Å². The van der Waals surface area contributed by atoms with Crippen LogP contribution in [-0.2, 0) is 24.1 Å². The summed E-state index contributed by atoms with van der Waals surface area (Å²) >= 11 is 0. The number of carbonyl (C=O) groups excluding carboxylic acids is 1. The molecule has 0 saturated carbocycles. The van der Waals surface area contributed by atoms with Crippen molar-refractivity contribution in [3.63, 3.8) is 0 Å². The van der Waals surface area contributed by atoms with Crippen molar-refractivity contribution in [2.75, 3.05) is 13.1 Å². The first kappa shape index (κ1) is 14.8. The molecule has 2 N–H and O–H groups in total. The van der Waals surface area contributed by atoms with E-state index in [1.807, 2.05) is 6.92 Å². The Morgan fingerprint density at radius 3 is 2.65 bits per heavy atom. The lowest BCUT2D eigenvalue weighted by Crippen LogP contribution is -2.43. The molecule has 9 heteroatoms. The minimum Gasteiger partial charge on any atom is -0.333 e. The highest BCUT2D eigenvalue weighted by Crippen LogP contribution is 2.29. The van der Waals surface area contributed by atoms with Crippen LogP contribution in [0.2, 0.25) is 0 Å². The van der Waals surface area contributed by atoms with Crippen molar-refractivity contribution in [3.8, 4) is 0 Å². The number of rotatable bonds is 3. The molecule has 1 aliphatic heterocycles. The summed E-state index contributed by atoms with van der Waals surface area (Å²) in [6.07, 6.45) is -3.92. The van der Waals surface area contributed by atoms with Gasteiger partial charge in [0.25, 0.3) is 0 Å². The maximum Gasteiger partial charge on any atom is 0.451 e. The predicted molar refractivity (Wildman–Crippen MR) is 63.3 cm³/mol. The predicted octanol–water partition coefficient (Wildman–Crippen LogP) is 0.624. The van der Waals surface area contributed by atoms with Gasteiger partial charge in [-0.05, 0) is 6.42 Å². The van der Waals surface area contributed by atoms with E-state index in [4.69, 9.17) is 5.73 Å². The first-order valence-corrected chi connectivity index (χ1v) is 6.36. The van der Waals surface area contributed by atoms with E-state index in [2.05, 4.69) is 10.2 Å². The zero-order valence-electron chi connectivity index (χ0n) is 11.0. The number of amides is 1. The Hall–Kier alpha value is -1.64. The average molecular weight is 291 g/mol. The molecule has 2 rings (SSSR count). The van der Waals surface area contributed by atoms with E-state index in [1.165, 1.54) is 4.90 Å². The smallest absolute Gasteiger partial charge is 0.333 e. The summed E-state index contributed by atoms with van der Waals surface area (Å²) in [5.74, 6) is -1.29. The van der Waals surface area contributed by atoms with Crippen LogP contribution in [0.5, 0.6) is 0 Å². The van der Waals surface area contributed by atoms with Crippen molar-refractivity contribution in [3.05, 3.63) is 11.6 Å². The van der Waals surface area contributed by atoms with Gasteiger partial charge in [-0.15, -0.1) is 10.2 Å². The Bertz CT molecular complexity index is 495. The molecule has 20 heavy (non-hydrogen) atoms. The molecule has 2 heterocycles. The van der Waals surface area contributed by atoms with Crippen LogP contribution < -0.4 is 5.73 Å². The third kappa shape index (κ3) is 2.62. The van der Waals surface area contributed by atoms with Gasteiger partial charge in [0.1, 0.15) is 0 Å². The summed E-state index contributed by atoms with van der Waals surface area (Å²) in [4.78, 5) is 13.6. The number of hydrogen-bond donors (Lipinski definition) is 1. The minimum absolute atomic E-state index is 0.0401. The van der Waals surface area contributed by atoms with Crippen LogP contribution in [0.3, 0.4) is 0 Å². The van der Waals surface area contributed by atoms with Crippen molar-refractivity contribution in [2.24, 2.45) is 11.7 Å². The van der Waals surface area contributed by atoms with Crippen LogP contribution in [0.25, 0.3) is 0 Å². The highest BCUT2D eigenvalue weighted by Gasteiger charge is 2.40. The Balaban J connectivity index is 2.17. The van der Waals surface area contributed by atoms with Gasteiger partial charge in [0.15, 0.2) is 5.82 Å². The van der Waals surface area contributed by atoms with Crippen molar-refractivity contribution in [1.29, 1.82) is 0 Å². The van der Waals surface area contributed by atoms with Crippen molar-refractivity contribution in [1.82, 2.24) is 19.7 Å². The quantitative estimate of drug-likeness (QED) is 0.886. The Kier molecular flexibility index (Phi) is 3.98. The second-order valence-electron chi connectivity index (χ2n) is 4.69. The Morgan fingerprint density at radius 2 is 2.10 bits per heavy atom. The number of fused-ring (bicyclic) bond motifs is 1. The zero-order valence-corrected chi connectivity index (χ0v) is 11.0. The molecule has 1 aliphatic rings. The van der Waals surface area contributed by atoms with Crippen LogP contribution in [-0.4, -0.2) is 38.7 Å². The largest absolute Gasteiger partial charge is 0.451 e. The lowest BCUT2D eigenvalue weighted by atomic mass is 10.1. The normalized spacial score (nSPS) is 16.9. The van der Waals surface area contributed by atoms with Crippen molar-refractivity contribution < 1.29 is 18.0 Å². The second-order valence-corrected chi connectivity index (χ2v) is 4.69. The van der Waals surface area contributed by atoms with Gasteiger partial charge >= 0.3 is 6.18 Å². The fourth-order valence-corrected chi connectivity index (χ4v) is 2.26. The van der Waals surface area contributed by atoms with E-state index in [1.54, 1.807) is 0 Å². The molecule has 1 atom stereocenters. The molecular formula is C11H16F3N5O. The lowest BCUT2D eigenvalue weighted by Gasteiger charge is -2.30. The zero-order chi connectivity index (χ0) is 14.9. The standard InChI is InChI=1S/C11H16F3N5O/c1-2-7(5-15)9(20)18-3-4-19-8(6-18)16-17-10(19)11(12,13)14/h7H,2-6,15H2,1H3. The van der Waals surface area contributed by atoms with Gasteiger partial charge in [0, 0.05) is 19.6 Å². The molecule has 6 nitrogen and oxygen atoms in total. The Morgan fingerprint density at radius 1 is 1.40 bits per heavy atom. The molecule has 0 radical (unpaired) electrons. The van der Waals surface area contributed by atoms with Crippen molar-refractivity contribution >= 4 is 5.91 Å². The number of hydrogen-bond acceptors (Lipinski definition) is 4. The number of nitrogens with zero attached hydrogens (tertiary/aromatic N) is 4. The number of halogens is 3. The van der Waals surface area contributed by atoms with Crippen LogP contribution in [0.4, 0.5) is 13.2 Å². The summed E-state index contributed by atoms with van der Waals surface area (Å²) in [6.45, 7) is 2.38. The molecule has 0 saturated heterocycles. The van der Waals surface area contributed by atoms with Crippen LogP contribution in [0, 0.1) is 5.92 Å². The highest BCUT2D eigenvalue weighted by atomic mass is 19.4.